The van der Waals surface area contributed by atoms with Gasteiger partial charge in [0.15, 0.2) is 0 Å². The van der Waals surface area contributed by atoms with Crippen molar-refractivity contribution in [3.63, 3.8) is 0 Å². The number of pyridine rings is 1. The smallest absolute Gasteiger partial charge is 0.253 e. The van der Waals surface area contributed by atoms with Crippen LogP contribution in [0.5, 0.6) is 0 Å². The molecule has 0 fully saturated rings. The van der Waals surface area contributed by atoms with Gasteiger partial charge in [-0.1, -0.05) is 66.2 Å². The number of quaternary nitrogens is 1. The average Bonchev–Trinajstić information content (AvgIpc) is 3.05. The van der Waals surface area contributed by atoms with Gasteiger partial charge < -0.3 is 0 Å². The Morgan fingerprint density at radius 3 is 2.61 bits per heavy atom. The van der Waals surface area contributed by atoms with Crippen LogP contribution in [-0.4, -0.2) is 21.6 Å². The van der Waals surface area contributed by atoms with Gasteiger partial charge in [-0.25, -0.2) is 4.98 Å². The topological polar surface area (TPSA) is 63.6 Å². The number of hydrogen-bond donors (Lipinski definition) is 1. The fourth-order valence-corrected chi connectivity index (χ4v) is 4.26. The van der Waals surface area contributed by atoms with E-state index in [1.165, 1.54) is 0 Å². The Kier molecular flexibility index (Phi) is 3.91. The second kappa shape index (κ2) is 6.68. The van der Waals surface area contributed by atoms with Crippen LogP contribution in [0.3, 0.4) is 0 Å². The molecule has 0 saturated carbocycles. The standard InChI is InChI=1S/C25H17ClN5/c26-20-13-18-9-10-21(16-5-2-1-3-6-16)29-22(18)14-19(20)25-30-24(17-7-4-8-17)23-15-28-11-12-31(23,25)27/h1-15H,27H2/q+1. The molecular weight excluding hydrogens is 406 g/mol. The molecule has 0 spiro atoms. The molecule has 3 aliphatic rings. The molecule has 3 heterocycles. The van der Waals surface area contributed by atoms with E-state index in [4.69, 9.17) is 27.4 Å². The Bertz CT molecular complexity index is 1440. The third-order valence-corrected chi connectivity index (χ3v) is 6.02. The molecule has 1 aromatic heterocycles. The van der Waals surface area contributed by atoms with Crippen LogP contribution in [-0.2, 0) is 0 Å². The number of benzene rings is 2. The molecule has 0 saturated heterocycles. The molecule has 31 heavy (non-hydrogen) atoms. The Hall–Kier alpha value is -3.64. The lowest BCUT2D eigenvalue weighted by molar-refractivity contribution is -0.750. The zero-order valence-corrected chi connectivity index (χ0v) is 17.2. The summed E-state index contributed by atoms with van der Waals surface area (Å²) in [7, 11) is 0. The molecule has 2 N–H and O–H groups in total. The van der Waals surface area contributed by atoms with E-state index in [0.29, 0.717) is 10.9 Å². The number of hydrogen-bond acceptors (Lipinski definition) is 4. The van der Waals surface area contributed by atoms with Gasteiger partial charge in [0.1, 0.15) is 11.9 Å². The first-order valence-corrected chi connectivity index (χ1v) is 10.3. The molecule has 0 radical (unpaired) electrons. The Morgan fingerprint density at radius 1 is 1.00 bits per heavy atom. The van der Waals surface area contributed by atoms with E-state index in [-0.39, 0.29) is 4.59 Å². The maximum atomic E-state index is 6.82. The zero-order valence-electron chi connectivity index (χ0n) is 16.4. The minimum Gasteiger partial charge on any atom is -0.253 e. The quantitative estimate of drug-likeness (QED) is 0.461. The Labute approximate surface area is 184 Å². The van der Waals surface area contributed by atoms with Crippen LogP contribution in [0.25, 0.3) is 22.2 Å². The van der Waals surface area contributed by atoms with Gasteiger partial charge in [-0.2, -0.15) is 10.8 Å². The molecule has 2 aromatic carbocycles. The number of aliphatic imine (C=N–C) groups is 2. The summed E-state index contributed by atoms with van der Waals surface area (Å²) in [5.74, 6) is 7.47. The molecule has 1 atom stereocenters. The van der Waals surface area contributed by atoms with Gasteiger partial charge in [-0.05, 0) is 18.2 Å². The monoisotopic (exact) mass is 422 g/mol. The van der Waals surface area contributed by atoms with E-state index in [9.17, 15) is 0 Å². The molecule has 0 bridgehead atoms. The van der Waals surface area contributed by atoms with E-state index in [1.54, 1.807) is 12.4 Å². The van der Waals surface area contributed by atoms with Crippen molar-refractivity contribution in [1.29, 1.82) is 0 Å². The molecule has 3 aromatic rings. The number of amidine groups is 1. The number of halogens is 1. The van der Waals surface area contributed by atoms with Crippen LogP contribution in [0.1, 0.15) is 5.56 Å². The molecule has 2 aliphatic heterocycles. The number of rotatable bonds is 3. The molecule has 1 unspecified atom stereocenters. The lowest BCUT2D eigenvalue weighted by atomic mass is 10.0. The van der Waals surface area contributed by atoms with Gasteiger partial charge in [0.05, 0.1) is 34.2 Å². The minimum absolute atomic E-state index is 0.0758. The summed E-state index contributed by atoms with van der Waals surface area (Å²) in [6.45, 7) is 0. The second-order valence-electron chi connectivity index (χ2n) is 7.59. The van der Waals surface area contributed by atoms with Gasteiger partial charge in [-0.3, -0.25) is 4.99 Å². The molecular formula is C25H17ClN5+. The SMILES string of the molecule is N[N+]12C=CN=CC1=C(C1=CC=C1)N=C2c1cc2nc(-c3ccccc3)ccc2cc1Cl. The maximum Gasteiger partial charge on any atom is 0.266 e. The highest BCUT2D eigenvalue weighted by molar-refractivity contribution is 6.34. The van der Waals surface area contributed by atoms with Crippen LogP contribution in [0.4, 0.5) is 0 Å². The summed E-state index contributed by atoms with van der Waals surface area (Å²) in [6.07, 6.45) is 11.3. The van der Waals surface area contributed by atoms with Crippen molar-refractivity contribution >= 4 is 34.6 Å². The van der Waals surface area contributed by atoms with E-state index in [1.807, 2.05) is 79.0 Å². The largest absolute Gasteiger partial charge is 0.266 e. The molecule has 6 heteroatoms. The summed E-state index contributed by atoms with van der Waals surface area (Å²) in [5, 5.41) is 1.54. The van der Waals surface area contributed by atoms with Crippen LogP contribution in [0, 0.1) is 0 Å². The van der Waals surface area contributed by atoms with Crippen LogP contribution < -0.4 is 5.84 Å². The summed E-state index contributed by atoms with van der Waals surface area (Å²) in [5.41, 5.74) is 6.21. The van der Waals surface area contributed by atoms with E-state index in [2.05, 4.69) is 4.99 Å². The first kappa shape index (κ1) is 18.2. The molecule has 6 rings (SSSR count). The van der Waals surface area contributed by atoms with Gasteiger partial charge in [0.2, 0.25) is 5.70 Å². The van der Waals surface area contributed by atoms with Gasteiger partial charge in [0, 0.05) is 16.5 Å². The molecule has 5 nitrogen and oxygen atoms in total. The Balaban J connectivity index is 1.52. The molecule has 0 amide bonds. The maximum absolute atomic E-state index is 6.82. The highest BCUT2D eigenvalue weighted by atomic mass is 35.5. The van der Waals surface area contributed by atoms with Crippen molar-refractivity contribution in [2.45, 2.75) is 0 Å². The first-order valence-electron chi connectivity index (χ1n) is 9.91. The van der Waals surface area contributed by atoms with Gasteiger partial charge >= 0.3 is 0 Å². The number of aromatic nitrogens is 1. The normalized spacial score (nSPS) is 21.2. The lowest BCUT2D eigenvalue weighted by Crippen LogP contribution is -2.53. The van der Waals surface area contributed by atoms with Crippen molar-refractivity contribution in [3.05, 3.63) is 113 Å². The van der Waals surface area contributed by atoms with E-state index in [0.717, 1.165) is 44.7 Å². The second-order valence-corrected chi connectivity index (χ2v) is 8.00. The number of fused-ring (bicyclic) bond motifs is 2. The van der Waals surface area contributed by atoms with Crippen LogP contribution in [0.15, 0.2) is 112 Å². The molecule has 1 aliphatic carbocycles. The molecule has 148 valence electrons. The van der Waals surface area contributed by atoms with Crippen LogP contribution >= 0.6 is 11.6 Å². The fraction of sp³-hybridized carbons (Fsp3) is 0. The minimum atomic E-state index is -0.0758. The third-order valence-electron chi connectivity index (χ3n) is 5.71. The van der Waals surface area contributed by atoms with Gasteiger partial charge in [-0.15, -0.1) is 4.59 Å². The van der Waals surface area contributed by atoms with Crippen molar-refractivity contribution in [3.8, 4) is 11.3 Å². The number of nitrogens with zero attached hydrogens (tertiary/aromatic N) is 4. The first-order chi connectivity index (χ1) is 15.1. The van der Waals surface area contributed by atoms with Crippen molar-refractivity contribution in [2.75, 3.05) is 0 Å². The summed E-state index contributed by atoms with van der Waals surface area (Å²) >= 11 is 6.73. The summed E-state index contributed by atoms with van der Waals surface area (Å²) < 4.78 is -0.0758. The average molecular weight is 423 g/mol. The summed E-state index contributed by atoms with van der Waals surface area (Å²) in [4.78, 5) is 14.1. The van der Waals surface area contributed by atoms with Crippen LogP contribution in [0.2, 0.25) is 5.02 Å². The van der Waals surface area contributed by atoms with Crippen molar-refractivity contribution in [2.24, 2.45) is 15.8 Å². The predicted molar refractivity (Wildman–Crippen MR) is 125 cm³/mol. The van der Waals surface area contributed by atoms with E-state index < -0.39 is 0 Å². The fourth-order valence-electron chi connectivity index (χ4n) is 4.01. The summed E-state index contributed by atoms with van der Waals surface area (Å²) in [6, 6.07) is 18.0. The van der Waals surface area contributed by atoms with Crippen molar-refractivity contribution in [1.82, 2.24) is 4.98 Å². The van der Waals surface area contributed by atoms with E-state index >= 15 is 0 Å². The lowest BCUT2D eigenvalue weighted by Gasteiger charge is -2.26. The highest BCUT2D eigenvalue weighted by Crippen LogP contribution is 2.38. The number of allylic oxidation sites excluding steroid dienone is 4. The predicted octanol–water partition coefficient (Wildman–Crippen LogP) is 5.27. The Morgan fingerprint density at radius 2 is 1.84 bits per heavy atom. The van der Waals surface area contributed by atoms with Gasteiger partial charge in [0.25, 0.3) is 5.84 Å². The highest BCUT2D eigenvalue weighted by Gasteiger charge is 2.45. The zero-order chi connectivity index (χ0) is 21.0. The third kappa shape index (κ3) is 2.75. The number of nitrogens with two attached hydrogens (primary N) is 1. The van der Waals surface area contributed by atoms with Crippen molar-refractivity contribution < 1.29 is 4.59 Å².